The number of fused-ring (bicyclic) bond motifs is 7. The summed E-state index contributed by atoms with van der Waals surface area (Å²) < 4.78 is 0. The Kier molecular flexibility index (Phi) is 3.02. The smallest absolute Gasteiger partial charge is 0.161 e. The summed E-state index contributed by atoms with van der Waals surface area (Å²) in [4.78, 5) is 24.5. The van der Waals surface area contributed by atoms with Gasteiger partial charge >= 0.3 is 0 Å². The Morgan fingerprint density at radius 2 is 1.84 bits per heavy atom. The summed E-state index contributed by atoms with van der Waals surface area (Å²) in [5, 5.41) is 11.2. The molecule has 136 valence electrons. The van der Waals surface area contributed by atoms with Crippen LogP contribution in [-0.2, 0) is 9.59 Å². The fourth-order valence-electron chi connectivity index (χ4n) is 8.05. The molecule has 3 nitrogen and oxygen atoms in total. The Morgan fingerprint density at radius 3 is 2.56 bits per heavy atom. The van der Waals surface area contributed by atoms with Crippen LogP contribution in [0.5, 0.6) is 0 Å². The first kappa shape index (κ1) is 16.2. The van der Waals surface area contributed by atoms with Gasteiger partial charge in [0.2, 0.25) is 0 Å². The van der Waals surface area contributed by atoms with Gasteiger partial charge in [0.25, 0.3) is 0 Å². The van der Waals surface area contributed by atoms with E-state index in [0.717, 1.165) is 38.5 Å². The van der Waals surface area contributed by atoms with Gasteiger partial charge in [0.05, 0.1) is 0 Å². The minimum atomic E-state index is -1.12. The molecule has 5 aliphatic rings. The van der Waals surface area contributed by atoms with Gasteiger partial charge < -0.3 is 5.11 Å². The van der Waals surface area contributed by atoms with Crippen molar-refractivity contribution in [3.8, 4) is 0 Å². The van der Waals surface area contributed by atoms with Crippen molar-refractivity contribution >= 4 is 11.6 Å². The van der Waals surface area contributed by atoms with Gasteiger partial charge in [-0.2, -0.15) is 0 Å². The number of hydrogen-bond acceptors (Lipinski definition) is 3. The Morgan fingerprint density at radius 1 is 1.12 bits per heavy atom. The van der Waals surface area contributed by atoms with E-state index < -0.39 is 5.60 Å². The van der Waals surface area contributed by atoms with Crippen LogP contribution >= 0.6 is 0 Å². The molecule has 0 spiro atoms. The first-order chi connectivity index (χ1) is 11.7. The van der Waals surface area contributed by atoms with Crippen molar-refractivity contribution in [2.75, 3.05) is 0 Å². The third-order valence-corrected chi connectivity index (χ3v) is 9.62. The molecule has 8 atom stereocenters. The highest BCUT2D eigenvalue weighted by molar-refractivity contribution is 5.96. The SMILES string of the molecule is CC(=O)[C@@]1(O)CC[C@H]2[C@@H]3CCC4=CC(=O)C5CC5[C@@]4(C)[C@@H]3CC[C@@]21C. The maximum absolute atomic E-state index is 12.3. The normalized spacial score (nSPS) is 56.2. The number of allylic oxidation sites excluding steroid dienone is 1. The Bertz CT molecular complexity index is 708. The minimum Gasteiger partial charge on any atom is -0.382 e. The fourth-order valence-corrected chi connectivity index (χ4v) is 8.05. The second-order valence-electron chi connectivity index (χ2n) is 10.1. The van der Waals surface area contributed by atoms with E-state index in [1.165, 1.54) is 5.57 Å². The number of Topliss-reactive ketones (excluding diaryl/α,β-unsaturated/α-hetero) is 1. The molecule has 0 heterocycles. The molecule has 0 aliphatic heterocycles. The summed E-state index contributed by atoms with van der Waals surface area (Å²) in [6.45, 7) is 6.19. The van der Waals surface area contributed by atoms with Crippen molar-refractivity contribution in [3.63, 3.8) is 0 Å². The number of rotatable bonds is 1. The summed E-state index contributed by atoms with van der Waals surface area (Å²) in [5.41, 5.74) is 0.232. The minimum absolute atomic E-state index is 0.0379. The molecule has 1 N–H and O–H groups in total. The van der Waals surface area contributed by atoms with Crippen LogP contribution in [0, 0.1) is 40.4 Å². The lowest BCUT2D eigenvalue weighted by Gasteiger charge is -2.59. The number of hydrogen-bond donors (Lipinski definition) is 1. The highest BCUT2D eigenvalue weighted by atomic mass is 16.3. The molecule has 25 heavy (non-hydrogen) atoms. The Balaban J connectivity index is 1.53. The molecule has 5 rings (SSSR count). The van der Waals surface area contributed by atoms with Crippen LogP contribution in [0.1, 0.15) is 65.7 Å². The van der Waals surface area contributed by atoms with Crippen molar-refractivity contribution in [1.82, 2.24) is 0 Å². The third-order valence-electron chi connectivity index (χ3n) is 9.62. The first-order valence-corrected chi connectivity index (χ1v) is 10.2. The second kappa shape index (κ2) is 4.65. The quantitative estimate of drug-likeness (QED) is 0.790. The summed E-state index contributed by atoms with van der Waals surface area (Å²) in [6.07, 6.45) is 8.91. The van der Waals surface area contributed by atoms with Crippen LogP contribution < -0.4 is 0 Å². The molecule has 0 amide bonds. The Hall–Kier alpha value is -0.960. The number of carbonyl (C=O) groups is 2. The predicted molar refractivity (Wildman–Crippen MR) is 94.7 cm³/mol. The number of carbonyl (C=O) groups excluding carboxylic acids is 2. The third kappa shape index (κ3) is 1.72. The van der Waals surface area contributed by atoms with Crippen molar-refractivity contribution in [3.05, 3.63) is 11.6 Å². The molecule has 4 fully saturated rings. The molecule has 0 aromatic rings. The molecule has 0 bridgehead atoms. The van der Waals surface area contributed by atoms with Crippen LogP contribution in [0.15, 0.2) is 11.6 Å². The van der Waals surface area contributed by atoms with E-state index >= 15 is 0 Å². The molecule has 0 aromatic carbocycles. The predicted octanol–water partition coefficient (Wildman–Crippen LogP) is 3.69. The zero-order valence-electron chi connectivity index (χ0n) is 15.7. The van der Waals surface area contributed by atoms with Gasteiger partial charge in [-0.25, -0.2) is 0 Å². The van der Waals surface area contributed by atoms with E-state index in [2.05, 4.69) is 13.8 Å². The van der Waals surface area contributed by atoms with E-state index in [4.69, 9.17) is 0 Å². The lowest BCUT2D eigenvalue weighted by atomic mass is 9.46. The van der Waals surface area contributed by atoms with Crippen molar-refractivity contribution in [1.29, 1.82) is 0 Å². The van der Waals surface area contributed by atoms with E-state index in [-0.39, 0.29) is 16.6 Å². The lowest BCUT2D eigenvalue weighted by Crippen LogP contribution is -2.57. The largest absolute Gasteiger partial charge is 0.382 e. The standard InChI is InChI=1S/C22H30O3/c1-12(23)22(25)9-7-16-14-5-4-13-10-19(24)15-11-18(15)21(13,3)17(14)6-8-20(16,22)2/h10,14-18,25H,4-9,11H2,1-3H3/t14-,15?,16-,17+,18?,20-,21+,22-/m0/s1. The van der Waals surface area contributed by atoms with E-state index in [9.17, 15) is 14.7 Å². The summed E-state index contributed by atoms with van der Waals surface area (Å²) in [5.74, 6) is 2.87. The van der Waals surface area contributed by atoms with E-state index in [1.807, 2.05) is 6.08 Å². The van der Waals surface area contributed by atoms with Crippen LogP contribution in [-0.4, -0.2) is 22.3 Å². The average Bonchev–Trinajstić information content (AvgIpc) is 3.32. The summed E-state index contributed by atoms with van der Waals surface area (Å²) >= 11 is 0. The molecule has 4 saturated carbocycles. The molecular weight excluding hydrogens is 312 g/mol. The van der Waals surface area contributed by atoms with Gasteiger partial charge in [-0.15, -0.1) is 0 Å². The summed E-state index contributed by atoms with van der Waals surface area (Å²) in [7, 11) is 0. The molecule has 5 aliphatic carbocycles. The van der Waals surface area contributed by atoms with Gasteiger partial charge in [0.15, 0.2) is 11.6 Å². The van der Waals surface area contributed by atoms with E-state index in [1.54, 1.807) is 6.92 Å². The van der Waals surface area contributed by atoms with Crippen LogP contribution in [0.25, 0.3) is 0 Å². The van der Waals surface area contributed by atoms with Gasteiger partial charge in [-0.3, -0.25) is 9.59 Å². The fraction of sp³-hybridized carbons (Fsp3) is 0.818. The summed E-state index contributed by atoms with van der Waals surface area (Å²) in [6, 6.07) is 0. The van der Waals surface area contributed by atoms with E-state index in [0.29, 0.717) is 41.8 Å². The van der Waals surface area contributed by atoms with Crippen molar-refractivity contribution < 1.29 is 14.7 Å². The molecule has 0 radical (unpaired) electrons. The lowest BCUT2D eigenvalue weighted by molar-refractivity contribution is -0.160. The van der Waals surface area contributed by atoms with Gasteiger partial charge in [-0.1, -0.05) is 19.4 Å². The average molecular weight is 342 g/mol. The number of ketones is 2. The zero-order valence-corrected chi connectivity index (χ0v) is 15.7. The van der Waals surface area contributed by atoms with Gasteiger partial charge in [0.1, 0.15) is 5.60 Å². The molecule has 0 aromatic heterocycles. The molecule has 0 saturated heterocycles. The maximum Gasteiger partial charge on any atom is 0.161 e. The Labute approximate surface area is 150 Å². The molecule has 2 unspecified atom stereocenters. The van der Waals surface area contributed by atoms with Crippen molar-refractivity contribution in [2.24, 2.45) is 40.4 Å². The topological polar surface area (TPSA) is 54.4 Å². The second-order valence-corrected chi connectivity index (χ2v) is 10.1. The monoisotopic (exact) mass is 342 g/mol. The molecule has 3 heteroatoms. The van der Waals surface area contributed by atoms with Gasteiger partial charge in [0, 0.05) is 11.3 Å². The van der Waals surface area contributed by atoms with Crippen LogP contribution in [0.2, 0.25) is 0 Å². The van der Waals surface area contributed by atoms with Gasteiger partial charge in [-0.05, 0) is 87.0 Å². The van der Waals surface area contributed by atoms with Crippen LogP contribution in [0.4, 0.5) is 0 Å². The molecular formula is C22H30O3. The maximum atomic E-state index is 12.3. The van der Waals surface area contributed by atoms with Crippen molar-refractivity contribution in [2.45, 2.75) is 71.3 Å². The highest BCUT2D eigenvalue weighted by Crippen LogP contribution is 2.72. The zero-order chi connectivity index (χ0) is 17.8. The first-order valence-electron chi connectivity index (χ1n) is 10.2. The highest BCUT2D eigenvalue weighted by Gasteiger charge is 2.68. The van der Waals surface area contributed by atoms with Crippen LogP contribution in [0.3, 0.4) is 0 Å². The number of aliphatic hydroxyl groups is 1.